The first kappa shape index (κ1) is 12.7. The summed E-state index contributed by atoms with van der Waals surface area (Å²) in [6, 6.07) is 4.18. The van der Waals surface area contributed by atoms with E-state index in [1.807, 2.05) is 0 Å². The zero-order valence-corrected chi connectivity index (χ0v) is 11.1. The number of rotatable bonds is 1. The average Bonchev–Trinajstić information content (AvgIpc) is 2.38. The van der Waals surface area contributed by atoms with E-state index in [9.17, 15) is 9.50 Å². The molecule has 0 unspecified atom stereocenters. The van der Waals surface area contributed by atoms with E-state index in [0.29, 0.717) is 23.9 Å². The van der Waals surface area contributed by atoms with Gasteiger partial charge < -0.3 is 15.6 Å². The highest BCUT2D eigenvalue weighted by atomic mass is 32.2. The zero-order valence-electron chi connectivity index (χ0n) is 10.3. The number of phenolic OH excluding ortho intramolecular Hbond substituents is 1. The molecule has 6 heteroatoms. The molecule has 1 fully saturated rings. The van der Waals surface area contributed by atoms with E-state index < -0.39 is 11.4 Å². The van der Waals surface area contributed by atoms with E-state index in [4.69, 9.17) is 10.5 Å². The number of ether oxygens (including phenoxy) is 1. The Balaban J connectivity index is 2.13. The molecule has 2 atom stereocenters. The molecule has 3 N–H and O–H groups in total. The van der Waals surface area contributed by atoms with Crippen LogP contribution in [0.25, 0.3) is 0 Å². The number of nitrogens with two attached hydrogens (primary N) is 1. The number of nitrogens with zero attached hydrogens (tertiary/aromatic N) is 1. The topological polar surface area (TPSA) is 67.8 Å². The van der Waals surface area contributed by atoms with Crippen LogP contribution in [0.15, 0.2) is 23.2 Å². The molecule has 1 saturated heterocycles. The first-order chi connectivity index (χ1) is 9.12. The maximum atomic E-state index is 14.2. The predicted octanol–water partition coefficient (Wildman–Crippen LogP) is 1.82. The summed E-state index contributed by atoms with van der Waals surface area (Å²) in [5.74, 6) is 0.476. The summed E-state index contributed by atoms with van der Waals surface area (Å²) in [6.45, 7) is 1.00. The zero-order chi connectivity index (χ0) is 13.5. The number of hydrogen-bond acceptors (Lipinski definition) is 5. The smallest absolute Gasteiger partial charge is 0.154 e. The van der Waals surface area contributed by atoms with Gasteiger partial charge in [0.05, 0.1) is 6.61 Å². The molecule has 2 aliphatic heterocycles. The lowest BCUT2D eigenvalue weighted by Gasteiger charge is -2.43. The Bertz CT molecular complexity index is 537. The Kier molecular flexibility index (Phi) is 3.14. The first-order valence-corrected chi connectivity index (χ1v) is 7.15. The summed E-state index contributed by atoms with van der Waals surface area (Å²) in [5, 5.41) is 9.81. The van der Waals surface area contributed by atoms with Crippen molar-refractivity contribution in [1.29, 1.82) is 0 Å². The summed E-state index contributed by atoms with van der Waals surface area (Å²) in [6.07, 6.45) is 0.837. The molecule has 0 amide bonds. The normalized spacial score (nSPS) is 30.6. The number of fused-ring (bicyclic) bond motifs is 1. The Hall–Kier alpha value is -1.27. The maximum absolute atomic E-state index is 14.2. The fraction of sp³-hybridized carbons (Fsp3) is 0.462. The number of aromatic hydroxyl groups is 1. The van der Waals surface area contributed by atoms with Crippen LogP contribution in [0.4, 0.5) is 4.39 Å². The van der Waals surface area contributed by atoms with Crippen LogP contribution in [0.5, 0.6) is 5.75 Å². The molecular formula is C13H15FN2O2S. The fourth-order valence-electron chi connectivity index (χ4n) is 2.78. The second kappa shape index (κ2) is 4.68. The van der Waals surface area contributed by atoms with E-state index in [1.165, 1.54) is 17.8 Å². The van der Waals surface area contributed by atoms with Crippen molar-refractivity contribution < 1.29 is 14.2 Å². The number of aliphatic imine (C=N–C) groups is 1. The molecule has 0 spiro atoms. The highest BCUT2D eigenvalue weighted by Crippen LogP contribution is 2.45. The lowest BCUT2D eigenvalue weighted by molar-refractivity contribution is 0.00298. The Labute approximate surface area is 114 Å². The van der Waals surface area contributed by atoms with Crippen molar-refractivity contribution in [3.8, 4) is 5.75 Å². The van der Waals surface area contributed by atoms with Gasteiger partial charge in [0.25, 0.3) is 0 Å². The van der Waals surface area contributed by atoms with Crippen LogP contribution in [0.2, 0.25) is 0 Å². The van der Waals surface area contributed by atoms with Crippen molar-refractivity contribution >= 4 is 16.9 Å². The molecule has 102 valence electrons. The summed E-state index contributed by atoms with van der Waals surface area (Å²) in [4.78, 5) is 4.51. The second-order valence-electron chi connectivity index (χ2n) is 4.89. The Morgan fingerprint density at radius 1 is 1.53 bits per heavy atom. The van der Waals surface area contributed by atoms with Gasteiger partial charge in [-0.15, -0.1) is 0 Å². The van der Waals surface area contributed by atoms with Crippen LogP contribution >= 0.6 is 11.8 Å². The third kappa shape index (κ3) is 2.08. The van der Waals surface area contributed by atoms with E-state index in [-0.39, 0.29) is 11.7 Å². The van der Waals surface area contributed by atoms with Gasteiger partial charge in [0.2, 0.25) is 0 Å². The molecule has 0 saturated carbocycles. The summed E-state index contributed by atoms with van der Waals surface area (Å²) >= 11 is 1.51. The van der Waals surface area contributed by atoms with Crippen LogP contribution in [0.3, 0.4) is 0 Å². The van der Waals surface area contributed by atoms with Crippen LogP contribution in [0.1, 0.15) is 12.0 Å². The molecule has 2 aliphatic rings. The van der Waals surface area contributed by atoms with Crippen molar-refractivity contribution in [3.05, 3.63) is 29.6 Å². The Morgan fingerprint density at radius 2 is 2.37 bits per heavy atom. The van der Waals surface area contributed by atoms with Gasteiger partial charge in [-0.3, -0.25) is 0 Å². The number of amidine groups is 1. The summed E-state index contributed by atoms with van der Waals surface area (Å²) in [7, 11) is 0. The molecule has 4 nitrogen and oxygen atoms in total. The molecule has 3 rings (SSSR count). The molecular weight excluding hydrogens is 267 g/mol. The van der Waals surface area contributed by atoms with Gasteiger partial charge in [-0.05, 0) is 18.6 Å². The quantitative estimate of drug-likeness (QED) is 0.824. The highest BCUT2D eigenvalue weighted by Gasteiger charge is 2.47. The fourth-order valence-corrected chi connectivity index (χ4v) is 3.82. The van der Waals surface area contributed by atoms with Gasteiger partial charge in [0.1, 0.15) is 17.1 Å². The third-order valence-corrected chi connectivity index (χ3v) is 4.73. The first-order valence-electron chi connectivity index (χ1n) is 6.17. The van der Waals surface area contributed by atoms with Crippen LogP contribution in [-0.4, -0.2) is 29.2 Å². The number of thioether (sulfide) groups is 1. The number of halogens is 1. The van der Waals surface area contributed by atoms with Gasteiger partial charge in [-0.2, -0.15) is 0 Å². The van der Waals surface area contributed by atoms with Crippen LogP contribution in [0, 0.1) is 11.7 Å². The highest BCUT2D eigenvalue weighted by molar-refractivity contribution is 8.13. The minimum Gasteiger partial charge on any atom is -0.508 e. The number of phenols is 1. The third-order valence-electron chi connectivity index (χ3n) is 3.77. The standard InChI is InChI=1S/C13H15FN2O2S/c14-11-5-9(17)1-2-10(11)13-7-18-4-3-8(13)6-19-12(15)16-13/h1-2,5,8,17H,3-4,6-7H2,(H2,15,16)/t8-,13-/m0/s1. The summed E-state index contributed by atoms with van der Waals surface area (Å²) < 4.78 is 19.7. The molecule has 0 aromatic heterocycles. The van der Waals surface area contributed by atoms with Crippen LogP contribution in [-0.2, 0) is 10.3 Å². The van der Waals surface area contributed by atoms with E-state index in [2.05, 4.69) is 4.99 Å². The minimum atomic E-state index is -0.745. The minimum absolute atomic E-state index is 0.0898. The number of benzene rings is 1. The Morgan fingerprint density at radius 3 is 3.16 bits per heavy atom. The van der Waals surface area contributed by atoms with Gasteiger partial charge in [-0.25, -0.2) is 9.38 Å². The molecule has 2 heterocycles. The predicted molar refractivity (Wildman–Crippen MR) is 72.7 cm³/mol. The molecule has 0 radical (unpaired) electrons. The van der Waals surface area contributed by atoms with E-state index >= 15 is 0 Å². The second-order valence-corrected chi connectivity index (χ2v) is 5.93. The van der Waals surface area contributed by atoms with E-state index in [1.54, 1.807) is 6.07 Å². The van der Waals surface area contributed by atoms with Crippen molar-refractivity contribution in [3.63, 3.8) is 0 Å². The average molecular weight is 282 g/mol. The lowest BCUT2D eigenvalue weighted by atomic mass is 9.76. The van der Waals surface area contributed by atoms with Gasteiger partial charge in [-0.1, -0.05) is 11.8 Å². The molecule has 0 aliphatic carbocycles. The van der Waals surface area contributed by atoms with Crippen molar-refractivity contribution in [2.75, 3.05) is 19.0 Å². The van der Waals surface area contributed by atoms with Gasteiger partial charge >= 0.3 is 0 Å². The molecule has 1 aromatic carbocycles. The lowest BCUT2D eigenvalue weighted by Crippen LogP contribution is -2.48. The number of hydrogen-bond donors (Lipinski definition) is 2. The van der Waals surface area contributed by atoms with Crippen LogP contribution < -0.4 is 5.73 Å². The molecule has 1 aromatic rings. The largest absolute Gasteiger partial charge is 0.508 e. The molecule has 0 bridgehead atoms. The van der Waals surface area contributed by atoms with Gasteiger partial charge in [0, 0.05) is 29.9 Å². The SMILES string of the molecule is NC1=N[C@@]2(c3ccc(O)cc3F)COCC[C@H]2CS1. The van der Waals surface area contributed by atoms with Crippen molar-refractivity contribution in [1.82, 2.24) is 0 Å². The summed E-state index contributed by atoms with van der Waals surface area (Å²) in [5.41, 5.74) is 5.54. The van der Waals surface area contributed by atoms with E-state index in [0.717, 1.165) is 18.2 Å². The van der Waals surface area contributed by atoms with Crippen molar-refractivity contribution in [2.45, 2.75) is 12.0 Å². The van der Waals surface area contributed by atoms with Gasteiger partial charge in [0.15, 0.2) is 5.17 Å². The molecule has 19 heavy (non-hydrogen) atoms. The van der Waals surface area contributed by atoms with Crippen molar-refractivity contribution in [2.24, 2.45) is 16.6 Å². The monoisotopic (exact) mass is 282 g/mol. The maximum Gasteiger partial charge on any atom is 0.154 e.